The fourth-order valence-corrected chi connectivity index (χ4v) is 3.14. The smallest absolute Gasteiger partial charge is 0.398 e. The molecule has 5 N–H and O–H groups in total. The molecule has 0 atom stereocenters. The molecule has 0 spiro atoms. The van der Waals surface area contributed by atoms with Crippen LogP contribution in [0.1, 0.15) is 30.0 Å². The van der Waals surface area contributed by atoms with Crippen molar-refractivity contribution in [1.82, 2.24) is 4.98 Å². The lowest BCUT2D eigenvalue weighted by Crippen LogP contribution is -2.16. The molecule has 0 aliphatic rings. The average Bonchev–Trinajstić information content (AvgIpc) is 2.87. The topological polar surface area (TPSA) is 99.2 Å². The molecule has 2 aromatic carbocycles. The third kappa shape index (κ3) is 9.29. The van der Waals surface area contributed by atoms with Crippen LogP contribution in [0.15, 0.2) is 90.2 Å². The molecule has 0 radical (unpaired) electrons. The molecule has 0 saturated heterocycles. The van der Waals surface area contributed by atoms with Gasteiger partial charge in [0, 0.05) is 65.1 Å². The molecule has 0 aliphatic heterocycles. The lowest BCUT2D eigenvalue weighted by Gasteiger charge is -2.12. The summed E-state index contributed by atoms with van der Waals surface area (Å²) >= 11 is 0. The Balaban J connectivity index is 0.000000269. The largest absolute Gasteiger partial charge is 0.412 e. The number of allylic oxidation sites excluding steroid dienone is 1. The first kappa shape index (κ1) is 28.8. The molecule has 6 nitrogen and oxygen atoms in total. The first-order chi connectivity index (χ1) is 17.6. The van der Waals surface area contributed by atoms with Gasteiger partial charge >= 0.3 is 6.18 Å². The van der Waals surface area contributed by atoms with Gasteiger partial charge in [-0.3, -0.25) is 9.98 Å². The number of nitrogen functional groups attached to an aromatic ring is 1. The average molecular weight is 509 g/mol. The van der Waals surface area contributed by atoms with E-state index < -0.39 is 11.7 Å². The Morgan fingerprint density at radius 2 is 1.84 bits per heavy atom. The Morgan fingerprint density at radius 3 is 2.41 bits per heavy atom. The SMILES string of the molecule is C=C(Nc1cccc(C)c1)c1cccnc1.CC/C(=C\C(=NC)Nc1ccc(N)c(C=N)c1)C(F)(F)F. The van der Waals surface area contributed by atoms with Gasteiger partial charge in [-0.15, -0.1) is 0 Å². The van der Waals surface area contributed by atoms with Gasteiger partial charge in [-0.25, -0.2) is 0 Å². The van der Waals surface area contributed by atoms with Crippen molar-refractivity contribution in [1.29, 1.82) is 5.41 Å². The first-order valence-electron chi connectivity index (χ1n) is 11.4. The normalized spacial score (nSPS) is 11.7. The lowest BCUT2D eigenvalue weighted by molar-refractivity contribution is -0.0934. The first-order valence-corrected chi connectivity index (χ1v) is 11.4. The lowest BCUT2D eigenvalue weighted by atomic mass is 10.1. The molecule has 1 aromatic heterocycles. The molecule has 37 heavy (non-hydrogen) atoms. The molecule has 3 aromatic rings. The van der Waals surface area contributed by atoms with Crippen molar-refractivity contribution in [3.05, 3.63) is 102 Å². The number of aryl methyl sites for hydroxylation is 1. The van der Waals surface area contributed by atoms with E-state index >= 15 is 0 Å². The molecule has 0 amide bonds. The van der Waals surface area contributed by atoms with Crippen molar-refractivity contribution < 1.29 is 13.2 Å². The predicted molar refractivity (Wildman–Crippen MR) is 148 cm³/mol. The number of nitrogens with zero attached hydrogens (tertiary/aromatic N) is 2. The second kappa shape index (κ2) is 13.6. The van der Waals surface area contributed by atoms with Gasteiger partial charge in [0.25, 0.3) is 0 Å². The Labute approximate surface area is 215 Å². The molecule has 9 heteroatoms. The highest BCUT2D eigenvalue weighted by Gasteiger charge is 2.32. The number of hydrogen-bond donors (Lipinski definition) is 4. The number of pyridine rings is 1. The maximum atomic E-state index is 12.7. The summed E-state index contributed by atoms with van der Waals surface area (Å²) in [6.07, 6.45) is 1.08. The van der Waals surface area contributed by atoms with Crippen LogP contribution < -0.4 is 16.4 Å². The highest BCUT2D eigenvalue weighted by Crippen LogP contribution is 2.28. The van der Waals surface area contributed by atoms with Crippen LogP contribution in [0.3, 0.4) is 0 Å². The Morgan fingerprint density at radius 1 is 1.11 bits per heavy atom. The van der Waals surface area contributed by atoms with Crippen LogP contribution in [0, 0.1) is 12.3 Å². The molecule has 0 saturated carbocycles. The Kier molecular flexibility index (Phi) is 10.6. The van der Waals surface area contributed by atoms with Gasteiger partial charge in [0.05, 0.1) is 0 Å². The van der Waals surface area contributed by atoms with E-state index in [2.05, 4.69) is 46.2 Å². The molecule has 0 fully saturated rings. The summed E-state index contributed by atoms with van der Waals surface area (Å²) < 4.78 is 38.2. The minimum absolute atomic E-state index is 0.0878. The number of anilines is 3. The van der Waals surface area contributed by atoms with Crippen molar-refractivity contribution in [2.24, 2.45) is 4.99 Å². The van der Waals surface area contributed by atoms with Crippen LogP contribution in [0.2, 0.25) is 0 Å². The van der Waals surface area contributed by atoms with E-state index in [0.29, 0.717) is 16.9 Å². The van der Waals surface area contributed by atoms with Crippen molar-refractivity contribution in [2.45, 2.75) is 26.4 Å². The van der Waals surface area contributed by atoms with Gasteiger partial charge in [-0.2, -0.15) is 13.2 Å². The van der Waals surface area contributed by atoms with E-state index in [9.17, 15) is 13.2 Å². The van der Waals surface area contributed by atoms with Crippen molar-refractivity contribution in [2.75, 3.05) is 23.4 Å². The third-order valence-corrected chi connectivity index (χ3v) is 5.13. The van der Waals surface area contributed by atoms with E-state index in [0.717, 1.165) is 29.2 Å². The van der Waals surface area contributed by atoms with Gasteiger partial charge < -0.3 is 21.8 Å². The molecular weight excluding hydrogens is 477 g/mol. The summed E-state index contributed by atoms with van der Waals surface area (Å²) in [5.74, 6) is 0.0878. The number of aromatic nitrogens is 1. The number of nitrogens with one attached hydrogen (secondary N) is 3. The fourth-order valence-electron chi connectivity index (χ4n) is 3.14. The van der Waals surface area contributed by atoms with Gasteiger partial charge in [-0.1, -0.05) is 25.6 Å². The zero-order chi connectivity index (χ0) is 27.4. The van der Waals surface area contributed by atoms with Crippen molar-refractivity contribution in [3.8, 4) is 0 Å². The summed E-state index contributed by atoms with van der Waals surface area (Å²) in [4.78, 5) is 7.87. The number of aliphatic imine (C=N–C) groups is 1. The zero-order valence-corrected chi connectivity index (χ0v) is 21.0. The summed E-state index contributed by atoms with van der Waals surface area (Å²) in [7, 11) is 1.40. The monoisotopic (exact) mass is 508 g/mol. The summed E-state index contributed by atoms with van der Waals surface area (Å²) in [6, 6.07) is 16.8. The summed E-state index contributed by atoms with van der Waals surface area (Å²) in [5, 5.41) is 13.3. The minimum atomic E-state index is -4.38. The fraction of sp³-hybridized carbons (Fsp3) is 0.179. The number of amidine groups is 1. The van der Waals surface area contributed by atoms with Gasteiger partial charge in [0.2, 0.25) is 0 Å². The van der Waals surface area contributed by atoms with Crippen molar-refractivity contribution >= 4 is 34.8 Å². The van der Waals surface area contributed by atoms with Crippen LogP contribution in [-0.4, -0.2) is 30.3 Å². The maximum absolute atomic E-state index is 12.7. The van der Waals surface area contributed by atoms with E-state index in [1.54, 1.807) is 30.6 Å². The molecule has 0 unspecified atom stereocenters. The van der Waals surface area contributed by atoms with Gasteiger partial charge in [0.15, 0.2) is 0 Å². The third-order valence-electron chi connectivity index (χ3n) is 5.13. The molecule has 0 bridgehead atoms. The van der Waals surface area contributed by atoms with Crippen LogP contribution in [0.4, 0.5) is 30.2 Å². The summed E-state index contributed by atoms with van der Waals surface area (Å²) in [5.41, 5.74) is 10.5. The van der Waals surface area contributed by atoms with E-state index in [-0.39, 0.29) is 12.3 Å². The number of alkyl halides is 3. The van der Waals surface area contributed by atoms with E-state index in [1.165, 1.54) is 19.5 Å². The van der Waals surface area contributed by atoms with E-state index in [4.69, 9.17) is 11.1 Å². The quantitative estimate of drug-likeness (QED) is 0.156. The van der Waals surface area contributed by atoms with Crippen LogP contribution in [-0.2, 0) is 0 Å². The van der Waals surface area contributed by atoms with Crippen LogP contribution in [0.25, 0.3) is 5.70 Å². The second-order valence-corrected chi connectivity index (χ2v) is 7.96. The Hall–Kier alpha value is -4.40. The Bertz CT molecular complexity index is 1260. The second-order valence-electron chi connectivity index (χ2n) is 7.96. The number of nitrogens with two attached hydrogens (primary N) is 1. The number of benzene rings is 2. The van der Waals surface area contributed by atoms with Crippen LogP contribution >= 0.6 is 0 Å². The number of halogens is 3. The minimum Gasteiger partial charge on any atom is -0.398 e. The maximum Gasteiger partial charge on any atom is 0.412 e. The van der Waals surface area contributed by atoms with Gasteiger partial charge in [-0.05, 0) is 67.4 Å². The number of rotatable bonds is 7. The molecule has 3 rings (SSSR count). The van der Waals surface area contributed by atoms with E-state index in [1.807, 2.05) is 24.3 Å². The van der Waals surface area contributed by atoms with Crippen LogP contribution in [0.5, 0.6) is 0 Å². The number of hydrogen-bond acceptors (Lipinski definition) is 5. The zero-order valence-electron chi connectivity index (χ0n) is 21.0. The predicted octanol–water partition coefficient (Wildman–Crippen LogP) is 7.08. The molecule has 194 valence electrons. The molecule has 1 heterocycles. The van der Waals surface area contributed by atoms with Crippen molar-refractivity contribution in [3.63, 3.8) is 0 Å². The standard InChI is InChI=1S/C14H17F3N4.C14H14N2/c1-3-10(14(15,16)17)7-13(20-2)21-11-4-5-12(19)9(6-11)8-18;1-11-5-3-7-14(9-11)16-12(2)13-6-4-8-15-10-13/h4-8,18H,3,19H2,1-2H3,(H,20,21);3-10,16H,2H2,1H3/b10-7+,18-8?;. The molecule has 0 aliphatic carbocycles. The molecular formula is C28H31F3N6. The van der Waals surface area contributed by atoms with Gasteiger partial charge in [0.1, 0.15) is 5.84 Å². The highest BCUT2D eigenvalue weighted by atomic mass is 19.4. The summed E-state index contributed by atoms with van der Waals surface area (Å²) in [6.45, 7) is 7.50. The highest BCUT2D eigenvalue weighted by molar-refractivity contribution is 6.04.